The highest BCUT2D eigenvalue weighted by Crippen LogP contribution is 2.03. The lowest BCUT2D eigenvalue weighted by atomic mass is 10.2. The van der Waals surface area contributed by atoms with Crippen LogP contribution in [0.25, 0.3) is 0 Å². The Bertz CT molecular complexity index is 467. The van der Waals surface area contributed by atoms with E-state index in [0.717, 1.165) is 13.0 Å². The first-order valence-electron chi connectivity index (χ1n) is 6.69. The molecule has 1 rings (SSSR count). The topological polar surface area (TPSA) is 84.0 Å². The monoisotopic (exact) mass is 298 g/mol. The molecular formula is C13H22N4O2S. The number of anilines is 1. The van der Waals surface area contributed by atoms with Crippen LogP contribution in [0.4, 0.5) is 5.82 Å². The predicted molar refractivity (Wildman–Crippen MR) is 81.3 cm³/mol. The predicted octanol–water partition coefficient (Wildman–Crippen LogP) is 1.19. The van der Waals surface area contributed by atoms with Crippen LogP contribution in [0.1, 0.15) is 37.2 Å². The second kappa shape index (κ2) is 8.63. The van der Waals surface area contributed by atoms with Gasteiger partial charge in [-0.25, -0.2) is 4.98 Å². The molecule has 0 saturated carbocycles. The first kappa shape index (κ1) is 16.6. The van der Waals surface area contributed by atoms with E-state index in [0.29, 0.717) is 18.0 Å². The van der Waals surface area contributed by atoms with Crippen LogP contribution in [-0.4, -0.2) is 44.7 Å². The molecule has 1 heterocycles. The molecule has 2 N–H and O–H groups in total. The van der Waals surface area contributed by atoms with Gasteiger partial charge in [-0.15, -0.1) is 0 Å². The fourth-order valence-corrected chi connectivity index (χ4v) is 2.21. The Hall–Kier alpha value is -1.50. The van der Waals surface area contributed by atoms with Gasteiger partial charge in [-0.2, -0.15) is 0 Å². The van der Waals surface area contributed by atoms with Gasteiger partial charge >= 0.3 is 0 Å². The van der Waals surface area contributed by atoms with E-state index in [4.69, 9.17) is 0 Å². The fraction of sp³-hybridized carbons (Fsp3) is 0.615. The third kappa shape index (κ3) is 6.10. The number of carbonyl (C=O) groups is 1. The van der Waals surface area contributed by atoms with Crippen molar-refractivity contribution < 1.29 is 9.00 Å². The van der Waals surface area contributed by atoms with Crippen molar-refractivity contribution in [2.24, 2.45) is 0 Å². The van der Waals surface area contributed by atoms with Gasteiger partial charge in [-0.3, -0.25) is 14.0 Å². The summed E-state index contributed by atoms with van der Waals surface area (Å²) >= 11 is 0. The molecular weight excluding hydrogens is 276 g/mol. The van der Waals surface area contributed by atoms with Gasteiger partial charge in [0.2, 0.25) is 0 Å². The molecule has 0 spiro atoms. The minimum Gasteiger partial charge on any atom is -0.369 e. The molecule has 0 aliphatic rings. The molecule has 0 saturated heterocycles. The van der Waals surface area contributed by atoms with Crippen LogP contribution >= 0.6 is 0 Å². The molecule has 0 aromatic carbocycles. The minimum atomic E-state index is -0.842. The first-order chi connectivity index (χ1) is 9.52. The van der Waals surface area contributed by atoms with Crippen molar-refractivity contribution in [3.8, 4) is 0 Å². The standard InChI is InChI=1S/C13H22N4O2S/c1-4-6-15-12-9-14-8-11(17-12)13(18)16-10(2)5-7-20(3)19/h8-10H,4-7H2,1-3H3,(H,15,17)(H,16,18). The van der Waals surface area contributed by atoms with Gasteiger partial charge in [-0.1, -0.05) is 6.92 Å². The Labute approximate surface area is 122 Å². The van der Waals surface area contributed by atoms with E-state index in [9.17, 15) is 9.00 Å². The maximum Gasteiger partial charge on any atom is 0.271 e. The number of carbonyl (C=O) groups excluding carboxylic acids is 1. The number of hydrogen-bond donors (Lipinski definition) is 2. The quantitative estimate of drug-likeness (QED) is 0.753. The number of amides is 1. The number of nitrogens with zero attached hydrogens (tertiary/aromatic N) is 2. The Morgan fingerprint density at radius 3 is 2.85 bits per heavy atom. The van der Waals surface area contributed by atoms with Crippen LogP contribution in [0.3, 0.4) is 0 Å². The summed E-state index contributed by atoms with van der Waals surface area (Å²) in [7, 11) is -0.842. The summed E-state index contributed by atoms with van der Waals surface area (Å²) in [5, 5.41) is 5.92. The molecule has 2 atom stereocenters. The number of rotatable bonds is 8. The van der Waals surface area contributed by atoms with Crippen LogP contribution < -0.4 is 10.6 Å². The van der Waals surface area contributed by atoms with Crippen molar-refractivity contribution in [3.63, 3.8) is 0 Å². The fourth-order valence-electron chi connectivity index (χ4n) is 1.53. The molecule has 20 heavy (non-hydrogen) atoms. The zero-order chi connectivity index (χ0) is 15.0. The third-order valence-corrected chi connectivity index (χ3v) is 3.45. The summed E-state index contributed by atoms with van der Waals surface area (Å²) < 4.78 is 11.0. The summed E-state index contributed by atoms with van der Waals surface area (Å²) in [6, 6.07) is -0.0412. The summed E-state index contributed by atoms with van der Waals surface area (Å²) in [5.74, 6) is 0.916. The first-order valence-corrected chi connectivity index (χ1v) is 8.42. The summed E-state index contributed by atoms with van der Waals surface area (Å²) in [5.41, 5.74) is 0.288. The van der Waals surface area contributed by atoms with Crippen LogP contribution in [0.2, 0.25) is 0 Å². The van der Waals surface area contributed by atoms with Crippen molar-refractivity contribution in [3.05, 3.63) is 18.1 Å². The van der Waals surface area contributed by atoms with E-state index in [1.165, 1.54) is 6.20 Å². The molecule has 1 aromatic heterocycles. The average molecular weight is 298 g/mol. The van der Waals surface area contributed by atoms with Gasteiger partial charge in [0.1, 0.15) is 11.5 Å². The van der Waals surface area contributed by atoms with Gasteiger partial charge in [0, 0.05) is 35.4 Å². The second-order valence-electron chi connectivity index (χ2n) is 4.66. The summed E-state index contributed by atoms with van der Waals surface area (Å²) in [6.45, 7) is 4.73. The normalized spacial score (nSPS) is 13.6. The van der Waals surface area contributed by atoms with Gasteiger partial charge < -0.3 is 10.6 Å². The van der Waals surface area contributed by atoms with Gasteiger partial charge in [0.15, 0.2) is 0 Å². The van der Waals surface area contributed by atoms with Crippen molar-refractivity contribution in [2.45, 2.75) is 32.7 Å². The van der Waals surface area contributed by atoms with Crippen LogP contribution in [0.5, 0.6) is 0 Å². The highest BCUT2D eigenvalue weighted by Gasteiger charge is 2.12. The van der Waals surface area contributed by atoms with Crippen molar-refractivity contribution in [1.82, 2.24) is 15.3 Å². The Morgan fingerprint density at radius 2 is 2.20 bits per heavy atom. The maximum atomic E-state index is 12.0. The molecule has 7 heteroatoms. The third-order valence-electron chi connectivity index (χ3n) is 2.64. The Morgan fingerprint density at radius 1 is 1.45 bits per heavy atom. The highest BCUT2D eigenvalue weighted by molar-refractivity contribution is 7.84. The molecule has 1 aromatic rings. The number of nitrogens with one attached hydrogen (secondary N) is 2. The second-order valence-corrected chi connectivity index (χ2v) is 6.21. The lowest BCUT2D eigenvalue weighted by Gasteiger charge is -2.13. The Balaban J connectivity index is 2.56. The molecule has 6 nitrogen and oxygen atoms in total. The smallest absolute Gasteiger partial charge is 0.271 e. The summed E-state index contributed by atoms with van der Waals surface area (Å²) in [6.07, 6.45) is 6.34. The zero-order valence-corrected chi connectivity index (χ0v) is 13.0. The van der Waals surface area contributed by atoms with Crippen LogP contribution in [0.15, 0.2) is 12.4 Å². The highest BCUT2D eigenvalue weighted by atomic mass is 32.2. The minimum absolute atomic E-state index is 0.0412. The number of aromatic nitrogens is 2. The summed E-state index contributed by atoms with van der Waals surface area (Å²) in [4.78, 5) is 20.2. The number of hydrogen-bond acceptors (Lipinski definition) is 5. The molecule has 0 bridgehead atoms. The van der Waals surface area contributed by atoms with Crippen molar-refractivity contribution in [1.29, 1.82) is 0 Å². The van der Waals surface area contributed by atoms with E-state index in [1.807, 2.05) is 6.92 Å². The molecule has 112 valence electrons. The van der Waals surface area contributed by atoms with E-state index < -0.39 is 10.8 Å². The molecule has 1 amide bonds. The lowest BCUT2D eigenvalue weighted by Crippen LogP contribution is -2.34. The van der Waals surface area contributed by atoms with E-state index in [1.54, 1.807) is 12.5 Å². The van der Waals surface area contributed by atoms with E-state index in [-0.39, 0.29) is 17.6 Å². The van der Waals surface area contributed by atoms with Crippen LogP contribution in [-0.2, 0) is 10.8 Å². The average Bonchev–Trinajstić information content (AvgIpc) is 2.43. The van der Waals surface area contributed by atoms with Gasteiger partial charge in [0.05, 0.1) is 12.4 Å². The van der Waals surface area contributed by atoms with Gasteiger partial charge in [-0.05, 0) is 19.8 Å². The van der Waals surface area contributed by atoms with Crippen LogP contribution in [0, 0.1) is 0 Å². The lowest BCUT2D eigenvalue weighted by molar-refractivity contribution is 0.0934. The maximum absolute atomic E-state index is 12.0. The molecule has 0 aliphatic carbocycles. The molecule has 0 fully saturated rings. The molecule has 2 unspecified atom stereocenters. The SMILES string of the molecule is CCCNc1cncc(C(=O)NC(C)CCS(C)=O)n1. The van der Waals surface area contributed by atoms with Crippen molar-refractivity contribution >= 4 is 22.5 Å². The zero-order valence-electron chi connectivity index (χ0n) is 12.2. The largest absolute Gasteiger partial charge is 0.369 e. The van der Waals surface area contributed by atoms with Crippen molar-refractivity contribution in [2.75, 3.05) is 23.9 Å². The Kier molecular flexibility index (Phi) is 7.14. The van der Waals surface area contributed by atoms with E-state index in [2.05, 4.69) is 27.5 Å². The molecule has 0 aliphatic heterocycles. The van der Waals surface area contributed by atoms with Gasteiger partial charge in [0.25, 0.3) is 5.91 Å². The molecule has 0 radical (unpaired) electrons. The van der Waals surface area contributed by atoms with E-state index >= 15 is 0 Å².